The lowest BCUT2D eigenvalue weighted by molar-refractivity contribution is -0.118. The van der Waals surface area contributed by atoms with E-state index in [1.54, 1.807) is 12.1 Å². The number of fused-ring (bicyclic) bond motifs is 2. The van der Waals surface area contributed by atoms with Gasteiger partial charge in [0, 0.05) is 28.6 Å². The van der Waals surface area contributed by atoms with E-state index < -0.39 is 5.63 Å². The molecule has 4 rings (SSSR count). The molecule has 1 N–H and O–H groups in total. The van der Waals surface area contributed by atoms with Gasteiger partial charge in [-0.15, -0.1) is 0 Å². The van der Waals surface area contributed by atoms with Gasteiger partial charge in [-0.25, -0.2) is 4.79 Å². The van der Waals surface area contributed by atoms with Gasteiger partial charge in [-0.2, -0.15) is 0 Å². The average molecular weight is 359 g/mol. The van der Waals surface area contributed by atoms with Gasteiger partial charge in [-0.1, -0.05) is 36.4 Å². The predicted octanol–water partition coefficient (Wildman–Crippen LogP) is 4.27. The quantitative estimate of drug-likeness (QED) is 0.553. The van der Waals surface area contributed by atoms with Crippen molar-refractivity contribution in [3.8, 4) is 5.75 Å². The van der Waals surface area contributed by atoms with E-state index in [1.165, 1.54) is 6.07 Å². The van der Waals surface area contributed by atoms with Gasteiger partial charge in [0.1, 0.15) is 11.3 Å². The smallest absolute Gasteiger partial charge is 0.336 e. The highest BCUT2D eigenvalue weighted by Gasteiger charge is 2.08. The van der Waals surface area contributed by atoms with Gasteiger partial charge in [0.05, 0.1) is 0 Å². The number of nitrogens with one attached hydrogen (secondary N) is 1. The Balaban J connectivity index is 1.49. The van der Waals surface area contributed by atoms with Crippen molar-refractivity contribution in [3.63, 3.8) is 0 Å². The first-order valence-corrected chi connectivity index (χ1v) is 8.55. The Kier molecular flexibility index (Phi) is 4.34. The summed E-state index contributed by atoms with van der Waals surface area (Å²) < 4.78 is 10.8. The van der Waals surface area contributed by atoms with Gasteiger partial charge >= 0.3 is 5.63 Å². The van der Waals surface area contributed by atoms with E-state index in [0.717, 1.165) is 27.4 Å². The lowest BCUT2D eigenvalue weighted by Crippen LogP contribution is -2.20. The largest absolute Gasteiger partial charge is 0.484 e. The first-order chi connectivity index (χ1) is 13.1. The summed E-state index contributed by atoms with van der Waals surface area (Å²) in [5, 5.41) is 5.73. The monoisotopic (exact) mass is 359 g/mol. The van der Waals surface area contributed by atoms with Gasteiger partial charge < -0.3 is 14.5 Å². The van der Waals surface area contributed by atoms with E-state index >= 15 is 0 Å². The zero-order valence-electron chi connectivity index (χ0n) is 14.7. The molecule has 5 heteroatoms. The molecule has 134 valence electrons. The van der Waals surface area contributed by atoms with Crippen molar-refractivity contribution in [1.82, 2.24) is 0 Å². The number of hydrogen-bond acceptors (Lipinski definition) is 4. The molecule has 4 aromatic rings. The van der Waals surface area contributed by atoms with E-state index in [-0.39, 0.29) is 12.5 Å². The zero-order valence-corrected chi connectivity index (χ0v) is 14.7. The van der Waals surface area contributed by atoms with Crippen LogP contribution in [0.15, 0.2) is 75.9 Å². The van der Waals surface area contributed by atoms with E-state index in [1.807, 2.05) is 55.5 Å². The second kappa shape index (κ2) is 6.96. The SMILES string of the molecule is Cc1cc(=O)oc2cc(OCC(=O)Nc3cccc4ccccc34)ccc12. The van der Waals surface area contributed by atoms with Crippen LogP contribution in [0.3, 0.4) is 0 Å². The molecule has 0 atom stereocenters. The lowest BCUT2D eigenvalue weighted by Gasteiger charge is -2.10. The molecule has 0 unspecified atom stereocenters. The highest BCUT2D eigenvalue weighted by Crippen LogP contribution is 2.24. The Morgan fingerprint density at radius 2 is 1.81 bits per heavy atom. The molecule has 1 aromatic heterocycles. The molecule has 0 aliphatic carbocycles. The summed E-state index contributed by atoms with van der Waals surface area (Å²) in [6, 6.07) is 20.2. The standard InChI is InChI=1S/C22H17NO4/c1-14-11-22(25)27-20-12-16(9-10-17(14)20)26-13-21(24)23-19-8-4-6-15-5-2-3-7-18(15)19/h2-12H,13H2,1H3,(H,23,24). The fourth-order valence-electron chi connectivity index (χ4n) is 3.06. The van der Waals surface area contributed by atoms with Crippen LogP contribution in [0, 0.1) is 6.92 Å². The van der Waals surface area contributed by atoms with Crippen LogP contribution < -0.4 is 15.7 Å². The van der Waals surface area contributed by atoms with Crippen LogP contribution in [0.4, 0.5) is 5.69 Å². The van der Waals surface area contributed by atoms with E-state index in [2.05, 4.69) is 5.32 Å². The Hall–Kier alpha value is -3.60. The number of aryl methyl sites for hydroxylation is 1. The topological polar surface area (TPSA) is 68.5 Å². The predicted molar refractivity (Wildman–Crippen MR) is 105 cm³/mol. The molecule has 0 saturated heterocycles. The second-order valence-corrected chi connectivity index (χ2v) is 6.27. The molecule has 0 aliphatic rings. The van der Waals surface area contributed by atoms with Crippen molar-refractivity contribution in [2.24, 2.45) is 0 Å². The summed E-state index contributed by atoms with van der Waals surface area (Å²) in [7, 11) is 0. The number of carbonyl (C=O) groups is 1. The molecule has 0 spiro atoms. The average Bonchev–Trinajstić information content (AvgIpc) is 2.66. The minimum atomic E-state index is -0.411. The second-order valence-electron chi connectivity index (χ2n) is 6.27. The minimum Gasteiger partial charge on any atom is -0.484 e. The summed E-state index contributed by atoms with van der Waals surface area (Å²) in [4.78, 5) is 23.8. The van der Waals surface area contributed by atoms with Crippen LogP contribution in [-0.2, 0) is 4.79 Å². The number of ether oxygens (including phenoxy) is 1. The third-order valence-corrected chi connectivity index (χ3v) is 4.36. The van der Waals surface area contributed by atoms with Crippen molar-refractivity contribution >= 4 is 33.3 Å². The number of rotatable bonds is 4. The molecular weight excluding hydrogens is 342 g/mol. The Bertz CT molecular complexity index is 1200. The Morgan fingerprint density at radius 1 is 1.00 bits per heavy atom. The fourth-order valence-corrected chi connectivity index (χ4v) is 3.06. The Labute approximate surface area is 155 Å². The summed E-state index contributed by atoms with van der Waals surface area (Å²) in [6.45, 7) is 1.70. The number of benzene rings is 3. The van der Waals surface area contributed by atoms with E-state index in [4.69, 9.17) is 9.15 Å². The van der Waals surface area contributed by atoms with Crippen molar-refractivity contribution in [2.45, 2.75) is 6.92 Å². The number of hydrogen-bond donors (Lipinski definition) is 1. The van der Waals surface area contributed by atoms with Crippen LogP contribution in [0.25, 0.3) is 21.7 Å². The number of carbonyl (C=O) groups excluding carboxylic acids is 1. The zero-order chi connectivity index (χ0) is 18.8. The fraction of sp³-hybridized carbons (Fsp3) is 0.0909. The number of amides is 1. The molecule has 27 heavy (non-hydrogen) atoms. The molecule has 3 aromatic carbocycles. The van der Waals surface area contributed by atoms with Crippen molar-refractivity contribution in [3.05, 3.63) is 82.7 Å². The van der Waals surface area contributed by atoms with Gasteiger partial charge in [-0.3, -0.25) is 4.79 Å². The first kappa shape index (κ1) is 16.8. The summed E-state index contributed by atoms with van der Waals surface area (Å²) in [6.07, 6.45) is 0. The van der Waals surface area contributed by atoms with E-state index in [0.29, 0.717) is 11.3 Å². The maximum absolute atomic E-state index is 12.3. The maximum Gasteiger partial charge on any atom is 0.336 e. The summed E-state index contributed by atoms with van der Waals surface area (Å²) in [5.41, 5.74) is 1.60. The van der Waals surface area contributed by atoms with Crippen molar-refractivity contribution in [2.75, 3.05) is 11.9 Å². The minimum absolute atomic E-state index is 0.148. The summed E-state index contributed by atoms with van der Waals surface area (Å²) in [5.74, 6) is 0.196. The van der Waals surface area contributed by atoms with Crippen LogP contribution in [0.5, 0.6) is 5.75 Å². The van der Waals surface area contributed by atoms with Crippen LogP contribution in [0.1, 0.15) is 5.56 Å². The molecule has 0 bridgehead atoms. The van der Waals surface area contributed by atoms with E-state index in [9.17, 15) is 9.59 Å². The lowest BCUT2D eigenvalue weighted by atomic mass is 10.1. The molecule has 1 amide bonds. The molecule has 0 radical (unpaired) electrons. The van der Waals surface area contributed by atoms with Crippen LogP contribution in [0.2, 0.25) is 0 Å². The van der Waals surface area contributed by atoms with Gasteiger partial charge in [0.15, 0.2) is 6.61 Å². The molecule has 0 saturated carbocycles. The first-order valence-electron chi connectivity index (χ1n) is 8.55. The molecule has 1 heterocycles. The highest BCUT2D eigenvalue weighted by atomic mass is 16.5. The normalized spacial score (nSPS) is 10.9. The van der Waals surface area contributed by atoms with Crippen LogP contribution >= 0.6 is 0 Å². The molecule has 0 fully saturated rings. The van der Waals surface area contributed by atoms with Gasteiger partial charge in [0.2, 0.25) is 0 Å². The van der Waals surface area contributed by atoms with Crippen molar-refractivity contribution < 1.29 is 13.9 Å². The van der Waals surface area contributed by atoms with Gasteiger partial charge in [0.25, 0.3) is 5.91 Å². The third-order valence-electron chi connectivity index (χ3n) is 4.36. The number of anilines is 1. The highest BCUT2D eigenvalue weighted by molar-refractivity contribution is 6.02. The molecule has 0 aliphatic heterocycles. The maximum atomic E-state index is 12.3. The van der Waals surface area contributed by atoms with Crippen LogP contribution in [-0.4, -0.2) is 12.5 Å². The molecule has 5 nitrogen and oxygen atoms in total. The summed E-state index contributed by atoms with van der Waals surface area (Å²) >= 11 is 0. The third kappa shape index (κ3) is 3.53. The van der Waals surface area contributed by atoms with Crippen molar-refractivity contribution in [1.29, 1.82) is 0 Å². The molecular formula is C22H17NO4. The van der Waals surface area contributed by atoms with Gasteiger partial charge in [-0.05, 0) is 36.1 Å². The Morgan fingerprint density at radius 3 is 2.70 bits per heavy atom.